The van der Waals surface area contributed by atoms with Crippen LogP contribution < -0.4 is 10.2 Å². The maximum Gasteiger partial charge on any atom is 0.249 e. The first-order chi connectivity index (χ1) is 18.7. The van der Waals surface area contributed by atoms with Crippen LogP contribution in [0.4, 0.5) is 17.6 Å². The van der Waals surface area contributed by atoms with Crippen LogP contribution in [-0.2, 0) is 4.79 Å². The standard InChI is InChI=1S/C28H26ClF4N3O3/c1-39-19-4-5-24-20(15-19)25(21(29)16-34-24)22(31)6-7-28(27(37)35-38)8-11-36(12-9-28)10-2-3-17-13-18(30)14-23(32)26(17)33/h4-5,13-16,22,38H,6-12H2,1H3,(H,35,37)/t22-/m1/s1. The first-order valence-corrected chi connectivity index (χ1v) is 12.6. The summed E-state index contributed by atoms with van der Waals surface area (Å²) in [4.78, 5) is 18.8. The lowest BCUT2D eigenvalue weighted by atomic mass is 9.73. The smallest absolute Gasteiger partial charge is 0.249 e. The molecular weight excluding hydrogens is 538 g/mol. The molecule has 3 aromatic rings. The van der Waals surface area contributed by atoms with Crippen LogP contribution in [0.1, 0.15) is 43.0 Å². The number of hydrogen-bond donors (Lipinski definition) is 2. The van der Waals surface area contributed by atoms with Gasteiger partial charge in [0.15, 0.2) is 11.6 Å². The SMILES string of the molecule is COc1ccc2ncc(Cl)c([C@H](F)CCC3(C(=O)NO)CCN(CC#Cc4cc(F)cc(F)c4F)CC3)c2c1. The Hall–Kier alpha value is -3.39. The summed E-state index contributed by atoms with van der Waals surface area (Å²) in [5.41, 5.74) is 1.11. The second-order valence-electron chi connectivity index (χ2n) is 9.46. The molecule has 206 valence electrons. The molecule has 4 rings (SSSR count). The molecule has 1 amide bonds. The number of methoxy groups -OCH3 is 1. The van der Waals surface area contributed by atoms with Gasteiger partial charge in [0.05, 0.1) is 35.2 Å². The van der Waals surface area contributed by atoms with E-state index in [0.29, 0.717) is 48.6 Å². The van der Waals surface area contributed by atoms with Crippen molar-refractivity contribution >= 4 is 28.4 Å². The van der Waals surface area contributed by atoms with E-state index in [-0.39, 0.29) is 35.5 Å². The van der Waals surface area contributed by atoms with E-state index in [1.54, 1.807) is 23.7 Å². The lowest BCUT2D eigenvalue weighted by Crippen LogP contribution is -2.48. The highest BCUT2D eigenvalue weighted by Gasteiger charge is 2.41. The van der Waals surface area contributed by atoms with E-state index in [1.165, 1.54) is 13.3 Å². The summed E-state index contributed by atoms with van der Waals surface area (Å²) in [6, 6.07) is 6.35. The quantitative estimate of drug-likeness (QED) is 0.126. The molecule has 0 aliphatic carbocycles. The summed E-state index contributed by atoms with van der Waals surface area (Å²) < 4.78 is 61.5. The Morgan fingerprint density at radius 1 is 1.26 bits per heavy atom. The number of piperidine rings is 1. The number of hydrogen-bond acceptors (Lipinski definition) is 5. The maximum absolute atomic E-state index is 15.7. The normalized spacial score (nSPS) is 15.9. The molecule has 0 radical (unpaired) electrons. The molecule has 1 aliphatic rings. The van der Waals surface area contributed by atoms with Gasteiger partial charge >= 0.3 is 0 Å². The van der Waals surface area contributed by atoms with Crippen LogP contribution in [-0.4, -0.2) is 47.7 Å². The fourth-order valence-electron chi connectivity index (χ4n) is 4.90. The zero-order valence-corrected chi connectivity index (χ0v) is 21.8. The number of halogens is 5. The molecule has 0 unspecified atom stereocenters. The highest BCUT2D eigenvalue weighted by Crippen LogP contribution is 2.42. The molecule has 2 N–H and O–H groups in total. The highest BCUT2D eigenvalue weighted by molar-refractivity contribution is 6.32. The lowest BCUT2D eigenvalue weighted by molar-refractivity contribution is -0.143. The zero-order valence-electron chi connectivity index (χ0n) is 21.0. The Balaban J connectivity index is 1.45. The number of pyridine rings is 1. The van der Waals surface area contributed by atoms with E-state index in [9.17, 15) is 23.2 Å². The number of hydroxylamine groups is 1. The van der Waals surface area contributed by atoms with Gasteiger partial charge in [0.2, 0.25) is 5.91 Å². The van der Waals surface area contributed by atoms with E-state index in [2.05, 4.69) is 16.8 Å². The van der Waals surface area contributed by atoms with Crippen LogP contribution in [0.15, 0.2) is 36.5 Å². The Labute approximate surface area is 227 Å². The first-order valence-electron chi connectivity index (χ1n) is 12.2. The molecular formula is C28H26ClF4N3O3. The third-order valence-corrected chi connectivity index (χ3v) is 7.47. The number of nitrogens with zero attached hydrogens (tertiary/aromatic N) is 2. The van der Waals surface area contributed by atoms with Crippen LogP contribution in [0.25, 0.3) is 10.9 Å². The van der Waals surface area contributed by atoms with Crippen molar-refractivity contribution in [2.75, 3.05) is 26.7 Å². The zero-order chi connectivity index (χ0) is 28.2. The minimum absolute atomic E-state index is 0.0340. The number of benzene rings is 2. The molecule has 1 fully saturated rings. The minimum Gasteiger partial charge on any atom is -0.497 e. The summed E-state index contributed by atoms with van der Waals surface area (Å²) in [7, 11) is 1.50. The Morgan fingerprint density at radius 3 is 2.69 bits per heavy atom. The van der Waals surface area contributed by atoms with Gasteiger partial charge in [-0.15, -0.1) is 0 Å². The third-order valence-electron chi connectivity index (χ3n) is 7.17. The van der Waals surface area contributed by atoms with Crippen LogP contribution in [0.5, 0.6) is 5.75 Å². The molecule has 39 heavy (non-hydrogen) atoms. The van der Waals surface area contributed by atoms with Gasteiger partial charge < -0.3 is 4.74 Å². The minimum atomic E-state index is -1.51. The maximum atomic E-state index is 15.7. The van der Waals surface area contributed by atoms with E-state index >= 15 is 4.39 Å². The van der Waals surface area contributed by atoms with Crippen molar-refractivity contribution in [3.8, 4) is 17.6 Å². The Bertz CT molecular complexity index is 1440. The molecule has 0 saturated carbocycles. The average Bonchev–Trinajstić information content (AvgIpc) is 2.94. The number of amides is 1. The molecule has 2 aromatic carbocycles. The number of ether oxygens (including phenoxy) is 1. The summed E-state index contributed by atoms with van der Waals surface area (Å²) in [6.45, 7) is 0.935. The Morgan fingerprint density at radius 2 is 2.00 bits per heavy atom. The molecule has 0 spiro atoms. The number of rotatable bonds is 7. The van der Waals surface area contributed by atoms with Crippen LogP contribution in [0, 0.1) is 34.7 Å². The van der Waals surface area contributed by atoms with Gasteiger partial charge in [-0.2, -0.15) is 0 Å². The number of carbonyl (C=O) groups excluding carboxylic acids is 1. The van der Waals surface area contributed by atoms with E-state index in [1.807, 2.05) is 4.90 Å². The van der Waals surface area contributed by atoms with Gasteiger partial charge in [-0.1, -0.05) is 23.4 Å². The van der Waals surface area contributed by atoms with Gasteiger partial charge in [-0.05, 0) is 49.9 Å². The van der Waals surface area contributed by atoms with Crippen molar-refractivity contribution in [3.63, 3.8) is 0 Å². The van der Waals surface area contributed by atoms with Crippen LogP contribution in [0.3, 0.4) is 0 Å². The summed E-state index contributed by atoms with van der Waals surface area (Å²) in [5.74, 6) is 1.60. The molecule has 1 saturated heterocycles. The van der Waals surface area contributed by atoms with Crippen molar-refractivity contribution in [1.82, 2.24) is 15.4 Å². The number of nitrogens with one attached hydrogen (secondary N) is 1. The fraction of sp³-hybridized carbons (Fsp3) is 0.357. The highest BCUT2D eigenvalue weighted by atomic mass is 35.5. The van der Waals surface area contributed by atoms with Crippen molar-refractivity contribution in [1.29, 1.82) is 0 Å². The predicted molar refractivity (Wildman–Crippen MR) is 138 cm³/mol. The third kappa shape index (κ3) is 6.27. The van der Waals surface area contributed by atoms with E-state index in [4.69, 9.17) is 16.3 Å². The van der Waals surface area contributed by atoms with Crippen molar-refractivity contribution in [2.45, 2.75) is 31.9 Å². The molecule has 6 nitrogen and oxygen atoms in total. The van der Waals surface area contributed by atoms with Gasteiger partial charge in [-0.3, -0.25) is 19.9 Å². The van der Waals surface area contributed by atoms with Crippen molar-refractivity contribution < 1.29 is 32.3 Å². The van der Waals surface area contributed by atoms with E-state index < -0.39 is 34.9 Å². The predicted octanol–water partition coefficient (Wildman–Crippen LogP) is 5.74. The molecule has 0 bridgehead atoms. The summed E-state index contributed by atoms with van der Waals surface area (Å²) in [6.07, 6.45) is 0.582. The second kappa shape index (κ2) is 12.2. The number of likely N-dealkylation sites (tertiary alicyclic amines) is 1. The van der Waals surface area contributed by atoms with Gasteiger partial charge in [0.25, 0.3) is 0 Å². The summed E-state index contributed by atoms with van der Waals surface area (Å²) >= 11 is 6.33. The van der Waals surface area contributed by atoms with E-state index in [0.717, 1.165) is 6.07 Å². The lowest BCUT2D eigenvalue weighted by Gasteiger charge is -2.40. The van der Waals surface area contributed by atoms with Crippen LogP contribution in [0.2, 0.25) is 5.02 Å². The number of fused-ring (bicyclic) bond motifs is 1. The number of aromatic nitrogens is 1. The monoisotopic (exact) mass is 563 g/mol. The fourth-order valence-corrected chi connectivity index (χ4v) is 5.17. The molecule has 1 aliphatic heterocycles. The van der Waals surface area contributed by atoms with Gasteiger partial charge in [0.1, 0.15) is 17.7 Å². The Kier molecular flexibility index (Phi) is 8.95. The van der Waals surface area contributed by atoms with Crippen LogP contribution >= 0.6 is 11.6 Å². The molecule has 2 heterocycles. The van der Waals surface area contributed by atoms with Crippen molar-refractivity contribution in [2.24, 2.45) is 5.41 Å². The van der Waals surface area contributed by atoms with Gasteiger partial charge in [0, 0.05) is 36.3 Å². The second-order valence-corrected chi connectivity index (χ2v) is 9.86. The number of alkyl halides is 1. The topological polar surface area (TPSA) is 74.7 Å². The summed E-state index contributed by atoms with van der Waals surface area (Å²) in [5, 5.41) is 10.1. The average molecular weight is 564 g/mol. The van der Waals surface area contributed by atoms with Gasteiger partial charge in [-0.25, -0.2) is 23.0 Å². The molecule has 11 heteroatoms. The largest absolute Gasteiger partial charge is 0.497 e. The molecule has 1 aromatic heterocycles. The number of carbonyl (C=O) groups is 1. The molecule has 1 atom stereocenters. The first kappa shape index (κ1) is 28.6. The van der Waals surface area contributed by atoms with Crippen molar-refractivity contribution in [3.05, 3.63) is 70.1 Å².